The highest BCUT2D eigenvalue weighted by Gasteiger charge is 2.31. The van der Waals surface area contributed by atoms with Crippen LogP contribution in [0.5, 0.6) is 0 Å². The number of rotatable bonds is 7. The van der Waals surface area contributed by atoms with Gasteiger partial charge in [-0.1, -0.05) is 32.9 Å². The first-order chi connectivity index (χ1) is 14.3. The average Bonchev–Trinajstić information content (AvgIpc) is 3.14. The van der Waals surface area contributed by atoms with Crippen LogP contribution in [0, 0.1) is 15.5 Å². The lowest BCUT2D eigenvalue weighted by Crippen LogP contribution is -2.39. The van der Waals surface area contributed by atoms with Crippen molar-refractivity contribution < 1.29 is 36.8 Å². The van der Waals surface area contributed by atoms with Gasteiger partial charge in [0.05, 0.1) is 11.6 Å². The molecule has 31 heavy (non-hydrogen) atoms. The summed E-state index contributed by atoms with van der Waals surface area (Å²) in [7, 11) is 0. The molecule has 0 saturated heterocycles. The number of carbonyl (C=O) groups excluding carboxylic acids is 2. The monoisotopic (exact) mass is 442 g/mol. The number of nitrogens with zero attached hydrogens (tertiary/aromatic N) is 2. The van der Waals surface area contributed by atoms with E-state index < -0.39 is 46.8 Å². The number of furan rings is 1. The third-order valence-corrected chi connectivity index (χ3v) is 3.95. The van der Waals surface area contributed by atoms with Gasteiger partial charge in [0, 0.05) is 13.1 Å². The summed E-state index contributed by atoms with van der Waals surface area (Å²) in [6, 6.07) is 6.62. The number of amides is 1. The number of ether oxygens (including phenoxy) is 1. The van der Waals surface area contributed by atoms with Crippen molar-refractivity contribution in [3.63, 3.8) is 0 Å². The number of nitro groups is 1. The Morgan fingerprint density at radius 1 is 1.16 bits per heavy atom. The van der Waals surface area contributed by atoms with E-state index in [1.54, 1.807) is 0 Å². The third kappa shape index (κ3) is 7.12. The predicted octanol–water partition coefficient (Wildman–Crippen LogP) is 4.44. The second kappa shape index (κ2) is 9.19. The first-order valence-electron chi connectivity index (χ1n) is 9.11. The Bertz CT molecular complexity index is 962. The van der Waals surface area contributed by atoms with Gasteiger partial charge < -0.3 is 14.1 Å². The van der Waals surface area contributed by atoms with Crippen molar-refractivity contribution in [3.8, 4) is 0 Å². The number of carbonyl (C=O) groups is 2. The molecule has 0 unspecified atom stereocenters. The van der Waals surface area contributed by atoms with E-state index in [4.69, 9.17) is 9.15 Å². The Morgan fingerprint density at radius 3 is 2.39 bits per heavy atom. The van der Waals surface area contributed by atoms with E-state index in [1.807, 2.05) is 20.8 Å². The van der Waals surface area contributed by atoms with Gasteiger partial charge in [-0.15, -0.1) is 0 Å². The second-order valence-corrected chi connectivity index (χ2v) is 7.98. The van der Waals surface area contributed by atoms with Gasteiger partial charge in [-0.2, -0.15) is 13.2 Å². The van der Waals surface area contributed by atoms with Gasteiger partial charge in [0.25, 0.3) is 5.91 Å². The van der Waals surface area contributed by atoms with Crippen LogP contribution in [-0.4, -0.2) is 34.9 Å². The Balaban J connectivity index is 2.11. The number of esters is 1. The van der Waals surface area contributed by atoms with Crippen molar-refractivity contribution in [1.82, 2.24) is 4.90 Å². The maximum absolute atomic E-state index is 13.0. The van der Waals surface area contributed by atoms with Crippen LogP contribution in [0.15, 0.2) is 40.8 Å². The molecule has 2 rings (SSSR count). The summed E-state index contributed by atoms with van der Waals surface area (Å²) in [5.74, 6) is -2.81. The van der Waals surface area contributed by atoms with Crippen molar-refractivity contribution in [2.45, 2.75) is 33.5 Å². The standard InChI is InChI=1S/C20H21F3N2O6/c1-19(2,3)12-24(10-13-5-4-6-14(9-13)20(21,22)23)16(26)11-30-18(27)15-7-8-17(31-15)25(28)29/h4-9H,10-12H2,1-3H3. The third-order valence-electron chi connectivity index (χ3n) is 3.95. The van der Waals surface area contributed by atoms with Gasteiger partial charge in [-0.25, -0.2) is 4.79 Å². The lowest BCUT2D eigenvalue weighted by atomic mass is 9.95. The molecular formula is C20H21F3N2O6. The summed E-state index contributed by atoms with van der Waals surface area (Å²) in [6.07, 6.45) is -4.52. The lowest BCUT2D eigenvalue weighted by molar-refractivity contribution is -0.402. The molecule has 168 valence electrons. The maximum atomic E-state index is 13.0. The molecule has 0 atom stereocenters. The summed E-state index contributed by atoms with van der Waals surface area (Å²) in [5.41, 5.74) is -0.956. The fourth-order valence-electron chi connectivity index (χ4n) is 2.70. The van der Waals surface area contributed by atoms with E-state index in [-0.39, 0.29) is 24.1 Å². The highest BCUT2D eigenvalue weighted by Crippen LogP contribution is 2.30. The normalized spacial score (nSPS) is 11.8. The minimum absolute atomic E-state index is 0.121. The van der Waals surface area contributed by atoms with Crippen LogP contribution in [0.4, 0.5) is 19.1 Å². The SMILES string of the molecule is CC(C)(C)CN(Cc1cccc(C(F)(F)F)c1)C(=O)COC(=O)c1ccc([N+](=O)[O-])o1. The van der Waals surface area contributed by atoms with E-state index in [1.165, 1.54) is 17.0 Å². The fraction of sp³-hybridized carbons (Fsp3) is 0.400. The summed E-state index contributed by atoms with van der Waals surface area (Å²) in [4.78, 5) is 35.7. The topological polar surface area (TPSA) is 103 Å². The van der Waals surface area contributed by atoms with E-state index in [0.717, 1.165) is 24.3 Å². The van der Waals surface area contributed by atoms with Crippen LogP contribution in [0.2, 0.25) is 0 Å². The van der Waals surface area contributed by atoms with Crippen LogP contribution >= 0.6 is 0 Å². The van der Waals surface area contributed by atoms with Crippen molar-refractivity contribution in [2.24, 2.45) is 5.41 Å². The molecule has 1 aromatic heterocycles. The second-order valence-electron chi connectivity index (χ2n) is 7.98. The summed E-state index contributed by atoms with van der Waals surface area (Å²) >= 11 is 0. The van der Waals surface area contributed by atoms with Crippen molar-refractivity contribution >= 4 is 17.8 Å². The van der Waals surface area contributed by atoms with Gasteiger partial charge >= 0.3 is 18.0 Å². The molecule has 0 radical (unpaired) electrons. The van der Waals surface area contributed by atoms with Crippen LogP contribution < -0.4 is 0 Å². The number of hydrogen-bond donors (Lipinski definition) is 0. The molecule has 0 aliphatic rings. The van der Waals surface area contributed by atoms with Gasteiger partial charge in [0.15, 0.2) is 6.61 Å². The molecule has 0 N–H and O–H groups in total. The van der Waals surface area contributed by atoms with Crippen molar-refractivity contribution in [3.05, 3.63) is 63.4 Å². The molecule has 0 fully saturated rings. The fourth-order valence-corrected chi connectivity index (χ4v) is 2.70. The maximum Gasteiger partial charge on any atom is 0.433 e. The number of alkyl halides is 3. The molecular weight excluding hydrogens is 421 g/mol. The Kier molecular flexibility index (Phi) is 7.09. The van der Waals surface area contributed by atoms with E-state index in [0.29, 0.717) is 0 Å². The van der Waals surface area contributed by atoms with Crippen molar-refractivity contribution in [1.29, 1.82) is 0 Å². The molecule has 1 heterocycles. The smallest absolute Gasteiger partial charge is 0.433 e. The van der Waals surface area contributed by atoms with Crippen LogP contribution in [0.25, 0.3) is 0 Å². The zero-order chi connectivity index (χ0) is 23.4. The van der Waals surface area contributed by atoms with Crippen LogP contribution in [0.3, 0.4) is 0 Å². The zero-order valence-electron chi connectivity index (χ0n) is 17.1. The molecule has 8 nitrogen and oxygen atoms in total. The zero-order valence-corrected chi connectivity index (χ0v) is 17.1. The van der Waals surface area contributed by atoms with E-state index in [9.17, 15) is 32.9 Å². The van der Waals surface area contributed by atoms with E-state index >= 15 is 0 Å². The average molecular weight is 442 g/mol. The first-order valence-corrected chi connectivity index (χ1v) is 9.11. The predicted molar refractivity (Wildman–Crippen MR) is 102 cm³/mol. The minimum Gasteiger partial charge on any atom is -0.450 e. The molecule has 0 aliphatic heterocycles. The molecule has 0 aliphatic carbocycles. The molecule has 0 spiro atoms. The van der Waals surface area contributed by atoms with Gasteiger partial charge in [0.1, 0.15) is 4.92 Å². The number of halogens is 3. The minimum atomic E-state index is -4.52. The Hall–Kier alpha value is -3.37. The molecule has 0 bridgehead atoms. The summed E-state index contributed by atoms with van der Waals surface area (Å²) in [6.45, 7) is 4.88. The first kappa shape index (κ1) is 23.9. The van der Waals surface area contributed by atoms with Gasteiger partial charge in [0.2, 0.25) is 5.76 Å². The summed E-state index contributed by atoms with van der Waals surface area (Å²) in [5, 5.41) is 10.6. The highest BCUT2D eigenvalue weighted by molar-refractivity contribution is 5.89. The molecule has 0 saturated carbocycles. The van der Waals surface area contributed by atoms with Gasteiger partial charge in [-0.3, -0.25) is 14.9 Å². The quantitative estimate of drug-likeness (QED) is 0.357. The number of hydrogen-bond acceptors (Lipinski definition) is 6. The highest BCUT2D eigenvalue weighted by atomic mass is 19.4. The number of benzene rings is 1. The Morgan fingerprint density at radius 2 is 1.84 bits per heavy atom. The van der Waals surface area contributed by atoms with Crippen LogP contribution in [-0.2, 0) is 22.3 Å². The summed E-state index contributed by atoms with van der Waals surface area (Å²) < 4.78 is 48.5. The molecule has 11 heteroatoms. The largest absolute Gasteiger partial charge is 0.450 e. The lowest BCUT2D eigenvalue weighted by Gasteiger charge is -2.30. The molecule has 1 amide bonds. The van der Waals surface area contributed by atoms with Gasteiger partial charge in [-0.05, 0) is 29.2 Å². The van der Waals surface area contributed by atoms with Crippen LogP contribution in [0.1, 0.15) is 42.5 Å². The van der Waals surface area contributed by atoms with E-state index in [2.05, 4.69) is 0 Å². The van der Waals surface area contributed by atoms with Crippen molar-refractivity contribution in [2.75, 3.05) is 13.2 Å². The molecule has 1 aromatic carbocycles. The Labute approximate surface area is 175 Å². The molecule has 2 aromatic rings.